The molecule has 1 aliphatic rings. The normalized spacial score (nSPS) is 26.2. The van der Waals surface area contributed by atoms with E-state index in [0.29, 0.717) is 0 Å². The number of hydrogen-bond donors (Lipinski definition) is 1. The lowest BCUT2D eigenvalue weighted by molar-refractivity contribution is -0.131. The van der Waals surface area contributed by atoms with Gasteiger partial charge in [-0.2, -0.15) is 0 Å². The third kappa shape index (κ3) is 2.85. The summed E-state index contributed by atoms with van der Waals surface area (Å²) in [7, 11) is 0. The van der Waals surface area contributed by atoms with Crippen molar-refractivity contribution < 1.29 is 18.7 Å². The number of carbonyl (C=O) groups is 1. The molecule has 0 heterocycles. The van der Waals surface area contributed by atoms with E-state index in [0.717, 1.165) is 17.7 Å². The van der Waals surface area contributed by atoms with E-state index in [4.69, 9.17) is 5.11 Å². The van der Waals surface area contributed by atoms with E-state index in [1.165, 1.54) is 19.1 Å². The van der Waals surface area contributed by atoms with Gasteiger partial charge in [0.05, 0.1) is 5.92 Å². The third-order valence-corrected chi connectivity index (χ3v) is 3.28. The molecule has 2 rings (SSSR count). The van der Waals surface area contributed by atoms with Crippen molar-refractivity contribution in [1.29, 1.82) is 0 Å². The van der Waals surface area contributed by atoms with Crippen molar-refractivity contribution in [1.82, 2.24) is 0 Å². The van der Waals surface area contributed by atoms with Crippen LogP contribution < -0.4 is 0 Å². The first-order valence-electron chi connectivity index (χ1n) is 6.15. The minimum absolute atomic E-state index is 0.0667. The standard InChI is InChI=1S/C16H14F2O2/c1-11(9-15(19)20)16(18)8-7-13(14(17)10-16)12-5-3-2-4-6-12/h2-10,13H,1H3,(H,19,20)/b11-9-. The quantitative estimate of drug-likeness (QED) is 0.671. The molecule has 0 bridgehead atoms. The lowest BCUT2D eigenvalue weighted by Crippen LogP contribution is -2.23. The number of rotatable bonds is 3. The maximum atomic E-state index is 14.5. The van der Waals surface area contributed by atoms with Gasteiger partial charge in [-0.25, -0.2) is 13.6 Å². The summed E-state index contributed by atoms with van der Waals surface area (Å²) in [6, 6.07) is 8.89. The van der Waals surface area contributed by atoms with Crippen molar-refractivity contribution in [2.45, 2.75) is 18.5 Å². The number of carboxylic acid groups (broad SMARTS) is 1. The molecule has 104 valence electrons. The number of aliphatic carboxylic acids is 1. The molecule has 2 unspecified atom stereocenters. The fourth-order valence-electron chi connectivity index (χ4n) is 2.14. The van der Waals surface area contributed by atoms with E-state index >= 15 is 0 Å². The molecule has 0 spiro atoms. The molecule has 0 saturated heterocycles. The zero-order chi connectivity index (χ0) is 14.8. The highest BCUT2D eigenvalue weighted by atomic mass is 19.1. The van der Waals surface area contributed by atoms with E-state index in [9.17, 15) is 13.6 Å². The molecule has 2 atom stereocenters. The number of alkyl halides is 1. The highest BCUT2D eigenvalue weighted by Crippen LogP contribution is 2.38. The lowest BCUT2D eigenvalue weighted by atomic mass is 9.85. The van der Waals surface area contributed by atoms with Crippen molar-refractivity contribution in [3.05, 3.63) is 71.6 Å². The summed E-state index contributed by atoms with van der Waals surface area (Å²) in [5.74, 6) is -2.51. The van der Waals surface area contributed by atoms with Gasteiger partial charge in [0.25, 0.3) is 0 Å². The Morgan fingerprint density at radius 1 is 1.35 bits per heavy atom. The molecule has 0 fully saturated rings. The highest BCUT2D eigenvalue weighted by molar-refractivity contribution is 5.81. The van der Waals surface area contributed by atoms with Gasteiger partial charge >= 0.3 is 5.97 Å². The Hall–Kier alpha value is -2.23. The largest absolute Gasteiger partial charge is 0.478 e. The number of benzene rings is 1. The van der Waals surface area contributed by atoms with E-state index < -0.39 is 23.4 Å². The predicted octanol–water partition coefficient (Wildman–Crippen LogP) is 3.93. The number of carboxylic acids is 1. The molecular weight excluding hydrogens is 262 g/mol. The average Bonchev–Trinajstić information content (AvgIpc) is 2.39. The van der Waals surface area contributed by atoms with E-state index in [2.05, 4.69) is 0 Å². The first-order valence-corrected chi connectivity index (χ1v) is 6.15. The smallest absolute Gasteiger partial charge is 0.328 e. The van der Waals surface area contributed by atoms with Crippen LogP contribution >= 0.6 is 0 Å². The van der Waals surface area contributed by atoms with Crippen LogP contribution in [0.5, 0.6) is 0 Å². The first kappa shape index (κ1) is 14.2. The Morgan fingerprint density at radius 3 is 2.55 bits per heavy atom. The molecule has 20 heavy (non-hydrogen) atoms. The van der Waals surface area contributed by atoms with Crippen LogP contribution in [0.3, 0.4) is 0 Å². The van der Waals surface area contributed by atoms with Crippen LogP contribution in [0.2, 0.25) is 0 Å². The minimum atomic E-state index is -2.19. The van der Waals surface area contributed by atoms with Crippen LogP contribution in [0.15, 0.2) is 66.0 Å². The molecule has 4 heteroatoms. The Labute approximate surface area is 115 Å². The fraction of sp³-hybridized carbons (Fsp3) is 0.188. The molecular formula is C16H14F2O2. The maximum absolute atomic E-state index is 14.5. The molecule has 0 saturated carbocycles. The molecule has 0 aliphatic heterocycles. The van der Waals surface area contributed by atoms with Crippen molar-refractivity contribution in [3.8, 4) is 0 Å². The predicted molar refractivity (Wildman–Crippen MR) is 72.7 cm³/mol. The number of halogens is 2. The maximum Gasteiger partial charge on any atom is 0.328 e. The average molecular weight is 276 g/mol. The molecule has 1 N–H and O–H groups in total. The van der Waals surface area contributed by atoms with E-state index in [-0.39, 0.29) is 5.57 Å². The van der Waals surface area contributed by atoms with E-state index in [1.54, 1.807) is 24.3 Å². The summed E-state index contributed by atoms with van der Waals surface area (Å²) < 4.78 is 28.7. The topological polar surface area (TPSA) is 37.3 Å². The summed E-state index contributed by atoms with van der Waals surface area (Å²) >= 11 is 0. The zero-order valence-corrected chi connectivity index (χ0v) is 10.9. The second-order valence-corrected chi connectivity index (χ2v) is 4.71. The van der Waals surface area contributed by atoms with Gasteiger partial charge in [0, 0.05) is 6.08 Å². The van der Waals surface area contributed by atoms with Gasteiger partial charge in [-0.3, -0.25) is 0 Å². The van der Waals surface area contributed by atoms with Gasteiger partial charge < -0.3 is 5.11 Å². The van der Waals surface area contributed by atoms with Gasteiger partial charge in [-0.1, -0.05) is 36.4 Å². The van der Waals surface area contributed by atoms with Crippen LogP contribution in [0.1, 0.15) is 18.4 Å². The molecule has 0 aromatic heterocycles. The first-order chi connectivity index (χ1) is 9.42. The SMILES string of the molecule is C/C(=C/C(=O)O)C1(F)C=CC(c2ccccc2)C(F)=C1. The van der Waals surface area contributed by atoms with Crippen LogP contribution in [0.25, 0.3) is 0 Å². The lowest BCUT2D eigenvalue weighted by Gasteiger charge is -2.25. The molecule has 1 aromatic carbocycles. The summed E-state index contributed by atoms with van der Waals surface area (Å²) in [4.78, 5) is 10.6. The second kappa shape index (κ2) is 5.41. The summed E-state index contributed by atoms with van der Waals surface area (Å²) in [5, 5.41) is 8.64. The van der Waals surface area contributed by atoms with Crippen LogP contribution in [-0.2, 0) is 4.79 Å². The Balaban J connectivity index is 2.32. The Morgan fingerprint density at radius 2 is 2.00 bits per heavy atom. The van der Waals surface area contributed by atoms with Gasteiger partial charge in [-0.15, -0.1) is 0 Å². The molecule has 2 nitrogen and oxygen atoms in total. The minimum Gasteiger partial charge on any atom is -0.478 e. The third-order valence-electron chi connectivity index (χ3n) is 3.28. The molecule has 0 amide bonds. The van der Waals surface area contributed by atoms with Crippen molar-refractivity contribution >= 4 is 5.97 Å². The molecule has 0 radical (unpaired) electrons. The van der Waals surface area contributed by atoms with Crippen LogP contribution in [0.4, 0.5) is 8.78 Å². The Bertz CT molecular complexity index is 602. The second-order valence-electron chi connectivity index (χ2n) is 4.71. The highest BCUT2D eigenvalue weighted by Gasteiger charge is 2.33. The van der Waals surface area contributed by atoms with E-state index in [1.807, 2.05) is 6.07 Å². The Kier molecular flexibility index (Phi) is 3.84. The van der Waals surface area contributed by atoms with Gasteiger partial charge in [0.2, 0.25) is 0 Å². The van der Waals surface area contributed by atoms with Crippen molar-refractivity contribution in [2.75, 3.05) is 0 Å². The summed E-state index contributed by atoms with van der Waals surface area (Å²) in [6.07, 6.45) is 4.20. The number of allylic oxidation sites excluding steroid dienone is 5. The molecule has 1 aromatic rings. The van der Waals surface area contributed by atoms with Crippen LogP contribution in [0, 0.1) is 0 Å². The fourth-order valence-corrected chi connectivity index (χ4v) is 2.14. The monoisotopic (exact) mass is 276 g/mol. The van der Waals surface area contributed by atoms with Gasteiger partial charge in [0.1, 0.15) is 5.83 Å². The van der Waals surface area contributed by atoms with Gasteiger partial charge in [-0.05, 0) is 30.2 Å². The molecule has 1 aliphatic carbocycles. The van der Waals surface area contributed by atoms with Crippen LogP contribution in [-0.4, -0.2) is 16.7 Å². The van der Waals surface area contributed by atoms with Crippen molar-refractivity contribution in [3.63, 3.8) is 0 Å². The number of hydrogen-bond acceptors (Lipinski definition) is 1. The summed E-state index contributed by atoms with van der Waals surface area (Å²) in [5.41, 5.74) is -1.53. The zero-order valence-electron chi connectivity index (χ0n) is 10.9. The van der Waals surface area contributed by atoms with Gasteiger partial charge in [0.15, 0.2) is 5.67 Å². The van der Waals surface area contributed by atoms with Crippen molar-refractivity contribution in [2.24, 2.45) is 0 Å². The summed E-state index contributed by atoms with van der Waals surface area (Å²) in [6.45, 7) is 1.32.